The first-order valence-electron chi connectivity index (χ1n) is 9.71. The quantitative estimate of drug-likeness (QED) is 0.390. The molecule has 0 saturated carbocycles. The smallest absolute Gasteiger partial charge is 0.295 e. The van der Waals surface area contributed by atoms with E-state index in [-0.39, 0.29) is 5.82 Å². The van der Waals surface area contributed by atoms with Crippen LogP contribution in [0.4, 0.5) is 5.69 Å². The highest BCUT2D eigenvalue weighted by molar-refractivity contribution is 6.32. The van der Waals surface area contributed by atoms with Gasteiger partial charge in [0.25, 0.3) is 5.91 Å². The predicted octanol–water partition coefficient (Wildman–Crippen LogP) is 6.42. The van der Waals surface area contributed by atoms with E-state index in [0.717, 1.165) is 27.9 Å². The SMILES string of the molecule is Cc1cccc(-n2nc(C(=O)Nc3cccc(Cl)c3C)nc2-c2cccc(Cl)c2)c1C. The van der Waals surface area contributed by atoms with Gasteiger partial charge in [0.1, 0.15) is 0 Å². The number of carbonyl (C=O) groups is 1. The molecule has 7 heteroatoms. The zero-order valence-corrected chi connectivity index (χ0v) is 18.8. The van der Waals surface area contributed by atoms with Crippen LogP contribution in [-0.4, -0.2) is 20.7 Å². The molecule has 1 aromatic heterocycles. The molecule has 0 aliphatic heterocycles. The maximum absolute atomic E-state index is 13.0. The highest BCUT2D eigenvalue weighted by Gasteiger charge is 2.21. The topological polar surface area (TPSA) is 59.8 Å². The minimum Gasteiger partial charge on any atom is -0.319 e. The minimum absolute atomic E-state index is 0.0512. The molecule has 0 aliphatic carbocycles. The summed E-state index contributed by atoms with van der Waals surface area (Å²) < 4.78 is 1.69. The monoisotopic (exact) mass is 450 g/mol. The number of nitrogens with one attached hydrogen (secondary N) is 1. The highest BCUT2D eigenvalue weighted by atomic mass is 35.5. The Morgan fingerprint density at radius 3 is 2.45 bits per heavy atom. The molecule has 0 fully saturated rings. The van der Waals surface area contributed by atoms with Gasteiger partial charge in [0, 0.05) is 21.3 Å². The zero-order chi connectivity index (χ0) is 22.1. The molecule has 0 atom stereocenters. The summed E-state index contributed by atoms with van der Waals surface area (Å²) in [5.41, 5.74) is 5.17. The zero-order valence-electron chi connectivity index (χ0n) is 17.3. The molecule has 0 unspecified atom stereocenters. The molecule has 0 bridgehead atoms. The molecule has 156 valence electrons. The Morgan fingerprint density at radius 1 is 0.935 bits per heavy atom. The van der Waals surface area contributed by atoms with E-state index in [4.69, 9.17) is 23.2 Å². The summed E-state index contributed by atoms with van der Waals surface area (Å²) >= 11 is 12.4. The van der Waals surface area contributed by atoms with Crippen LogP contribution >= 0.6 is 23.2 Å². The molecule has 0 spiro atoms. The summed E-state index contributed by atoms with van der Waals surface area (Å²) in [6.45, 7) is 5.89. The number of halogens is 2. The summed E-state index contributed by atoms with van der Waals surface area (Å²) in [6.07, 6.45) is 0. The Labute approximate surface area is 190 Å². The number of hydrogen-bond acceptors (Lipinski definition) is 3. The fourth-order valence-electron chi connectivity index (χ4n) is 3.28. The van der Waals surface area contributed by atoms with E-state index >= 15 is 0 Å². The van der Waals surface area contributed by atoms with Crippen molar-refractivity contribution in [1.29, 1.82) is 0 Å². The highest BCUT2D eigenvalue weighted by Crippen LogP contribution is 2.27. The molecule has 31 heavy (non-hydrogen) atoms. The number of aromatic nitrogens is 3. The third-order valence-corrected chi connectivity index (χ3v) is 5.86. The van der Waals surface area contributed by atoms with Crippen LogP contribution in [0.2, 0.25) is 10.0 Å². The Bertz CT molecular complexity index is 1300. The summed E-state index contributed by atoms with van der Waals surface area (Å²) in [6, 6.07) is 18.6. The van der Waals surface area contributed by atoms with Crippen LogP contribution in [-0.2, 0) is 0 Å². The van der Waals surface area contributed by atoms with Gasteiger partial charge in [0.15, 0.2) is 5.82 Å². The molecule has 0 saturated heterocycles. The van der Waals surface area contributed by atoms with Crippen molar-refractivity contribution < 1.29 is 4.79 Å². The van der Waals surface area contributed by atoms with Gasteiger partial charge in [-0.3, -0.25) is 4.79 Å². The number of benzene rings is 3. The first-order chi connectivity index (χ1) is 14.8. The summed E-state index contributed by atoms with van der Waals surface area (Å²) in [7, 11) is 0. The fourth-order valence-corrected chi connectivity index (χ4v) is 3.64. The van der Waals surface area contributed by atoms with E-state index in [1.54, 1.807) is 35.0 Å². The molecule has 5 nitrogen and oxygen atoms in total. The van der Waals surface area contributed by atoms with Crippen molar-refractivity contribution in [3.8, 4) is 17.1 Å². The van der Waals surface area contributed by atoms with E-state index < -0.39 is 5.91 Å². The van der Waals surface area contributed by atoms with Crippen molar-refractivity contribution in [3.05, 3.63) is 93.2 Å². The largest absolute Gasteiger partial charge is 0.319 e. The molecule has 1 heterocycles. The minimum atomic E-state index is -0.419. The number of nitrogens with zero attached hydrogens (tertiary/aromatic N) is 3. The van der Waals surface area contributed by atoms with E-state index in [1.807, 2.05) is 51.1 Å². The van der Waals surface area contributed by atoms with Crippen LogP contribution in [0.1, 0.15) is 27.3 Å². The van der Waals surface area contributed by atoms with Gasteiger partial charge in [-0.2, -0.15) is 0 Å². The van der Waals surface area contributed by atoms with Gasteiger partial charge in [-0.25, -0.2) is 9.67 Å². The normalized spacial score (nSPS) is 10.9. The molecule has 4 aromatic rings. The van der Waals surface area contributed by atoms with Crippen LogP contribution < -0.4 is 5.32 Å². The van der Waals surface area contributed by atoms with E-state index in [9.17, 15) is 4.79 Å². The number of amides is 1. The lowest BCUT2D eigenvalue weighted by atomic mass is 10.1. The van der Waals surface area contributed by atoms with E-state index in [0.29, 0.717) is 21.6 Å². The van der Waals surface area contributed by atoms with Gasteiger partial charge >= 0.3 is 0 Å². The lowest BCUT2D eigenvalue weighted by molar-refractivity contribution is 0.101. The average molecular weight is 451 g/mol. The summed E-state index contributed by atoms with van der Waals surface area (Å²) in [5.74, 6) is 0.164. The summed E-state index contributed by atoms with van der Waals surface area (Å²) in [4.78, 5) is 17.6. The van der Waals surface area contributed by atoms with Gasteiger partial charge in [0.2, 0.25) is 5.82 Å². The van der Waals surface area contributed by atoms with Gasteiger partial charge in [-0.15, -0.1) is 5.10 Å². The summed E-state index contributed by atoms with van der Waals surface area (Å²) in [5, 5.41) is 8.57. The Morgan fingerprint density at radius 2 is 1.68 bits per heavy atom. The van der Waals surface area contributed by atoms with Crippen LogP contribution in [0.3, 0.4) is 0 Å². The van der Waals surface area contributed by atoms with Crippen molar-refractivity contribution in [2.24, 2.45) is 0 Å². The van der Waals surface area contributed by atoms with Crippen molar-refractivity contribution in [2.75, 3.05) is 5.32 Å². The molecular formula is C24H20Cl2N4O. The Hall–Kier alpha value is -3.15. The standard InChI is InChI=1S/C24H20Cl2N4O/c1-14-7-4-12-21(15(14)2)30-23(17-8-5-9-18(25)13-17)28-22(29-30)24(31)27-20-11-6-10-19(26)16(20)3/h4-13H,1-3H3,(H,27,31). The van der Waals surface area contributed by atoms with Crippen LogP contribution in [0.5, 0.6) is 0 Å². The number of anilines is 1. The second-order valence-corrected chi connectivity index (χ2v) is 8.11. The third-order valence-electron chi connectivity index (χ3n) is 5.21. The molecule has 1 N–H and O–H groups in total. The predicted molar refractivity (Wildman–Crippen MR) is 125 cm³/mol. The van der Waals surface area contributed by atoms with Gasteiger partial charge in [-0.1, -0.05) is 53.5 Å². The number of rotatable bonds is 4. The van der Waals surface area contributed by atoms with Crippen LogP contribution in [0.15, 0.2) is 60.7 Å². The van der Waals surface area contributed by atoms with Crippen molar-refractivity contribution in [1.82, 2.24) is 14.8 Å². The van der Waals surface area contributed by atoms with E-state index in [1.165, 1.54) is 0 Å². The van der Waals surface area contributed by atoms with Crippen molar-refractivity contribution in [3.63, 3.8) is 0 Å². The molecule has 3 aromatic carbocycles. The van der Waals surface area contributed by atoms with Gasteiger partial charge in [-0.05, 0) is 67.8 Å². The molecular weight excluding hydrogens is 431 g/mol. The van der Waals surface area contributed by atoms with Gasteiger partial charge in [0.05, 0.1) is 5.69 Å². The molecule has 0 radical (unpaired) electrons. The van der Waals surface area contributed by atoms with Crippen molar-refractivity contribution in [2.45, 2.75) is 20.8 Å². The van der Waals surface area contributed by atoms with Crippen molar-refractivity contribution >= 4 is 34.8 Å². The number of hydrogen-bond donors (Lipinski definition) is 1. The Kier molecular flexibility index (Phi) is 5.81. The number of carbonyl (C=O) groups excluding carboxylic acids is 1. The van der Waals surface area contributed by atoms with Gasteiger partial charge < -0.3 is 5.32 Å². The average Bonchev–Trinajstić information content (AvgIpc) is 3.19. The van der Waals surface area contributed by atoms with Crippen LogP contribution in [0, 0.1) is 20.8 Å². The molecule has 0 aliphatic rings. The lowest BCUT2D eigenvalue weighted by Gasteiger charge is -2.11. The first kappa shape index (κ1) is 21.1. The molecule has 4 rings (SSSR count). The van der Waals surface area contributed by atoms with Crippen LogP contribution in [0.25, 0.3) is 17.1 Å². The second-order valence-electron chi connectivity index (χ2n) is 7.27. The van der Waals surface area contributed by atoms with E-state index in [2.05, 4.69) is 15.4 Å². The maximum atomic E-state index is 13.0. The number of aryl methyl sites for hydroxylation is 1. The fraction of sp³-hybridized carbons (Fsp3) is 0.125. The third kappa shape index (κ3) is 4.20. The first-order valence-corrected chi connectivity index (χ1v) is 10.5. The Balaban J connectivity index is 1.82. The maximum Gasteiger partial charge on any atom is 0.295 e. The lowest BCUT2D eigenvalue weighted by Crippen LogP contribution is -2.15. The second kappa shape index (κ2) is 8.53. The molecule has 1 amide bonds.